The fourth-order valence-corrected chi connectivity index (χ4v) is 8.94. The monoisotopic (exact) mass is 1050 g/mol. The minimum absolute atomic E-state index is 0.0610. The summed E-state index contributed by atoms with van der Waals surface area (Å²) in [5, 5.41) is 47.2. The number of anilines is 6. The maximum atomic E-state index is 12.8. The maximum absolute atomic E-state index is 12.8. The van der Waals surface area contributed by atoms with Gasteiger partial charge in [0.1, 0.15) is 34.7 Å². The van der Waals surface area contributed by atoms with E-state index >= 15 is 0 Å². The Kier molecular flexibility index (Phi) is 15.3. The minimum atomic E-state index is -5.05. The highest BCUT2D eigenvalue weighted by Crippen LogP contribution is 2.31. The molecule has 2 heterocycles. The quantitative estimate of drug-likeness (QED) is 0.0336. The number of benzene rings is 4. The van der Waals surface area contributed by atoms with Crippen LogP contribution in [0.15, 0.2) is 105 Å². The third-order valence-corrected chi connectivity index (χ3v) is 13.2. The van der Waals surface area contributed by atoms with Gasteiger partial charge in [-0.25, -0.2) is 0 Å². The van der Waals surface area contributed by atoms with Crippen molar-refractivity contribution in [2.24, 2.45) is 0 Å². The summed E-state index contributed by atoms with van der Waals surface area (Å²) in [5.41, 5.74) is -0.159. The van der Waals surface area contributed by atoms with Crippen LogP contribution in [0.25, 0.3) is 34.9 Å². The van der Waals surface area contributed by atoms with Crippen molar-refractivity contribution in [1.29, 1.82) is 0 Å². The van der Waals surface area contributed by atoms with E-state index in [1.165, 1.54) is 76.2 Å². The van der Waals surface area contributed by atoms with Gasteiger partial charge in [-0.15, -0.1) is 0 Å². The molecule has 6 aromatic rings. The van der Waals surface area contributed by atoms with Gasteiger partial charge in [0.25, 0.3) is 40.5 Å². The van der Waals surface area contributed by atoms with E-state index < -0.39 is 85.0 Å². The largest absolute Gasteiger partial charge is 0.374 e. The number of rotatable bonds is 18. The van der Waals surface area contributed by atoms with Crippen molar-refractivity contribution in [2.75, 3.05) is 20.4 Å². The van der Waals surface area contributed by atoms with E-state index in [4.69, 9.17) is 0 Å². The zero-order valence-corrected chi connectivity index (χ0v) is 39.9. The summed E-state index contributed by atoms with van der Waals surface area (Å²) in [6, 6.07) is 16.2. The molecule has 0 aliphatic carbocycles. The number of aromatic nitrogens is 6. The van der Waals surface area contributed by atoms with Crippen LogP contribution < -0.4 is 20.4 Å². The molecule has 0 aliphatic rings. The lowest BCUT2D eigenvalue weighted by Crippen LogP contribution is -2.41. The molecule has 2 aromatic heterocycles. The molecule has 70 heavy (non-hydrogen) atoms. The number of nitrogens with zero attached hydrogens (tertiary/aromatic N) is 8. The van der Waals surface area contributed by atoms with Crippen LogP contribution in [0.2, 0.25) is 0 Å². The first-order valence-electron chi connectivity index (χ1n) is 19.9. The second kappa shape index (κ2) is 20.3. The molecule has 0 radical (unpaired) electrons. The van der Waals surface area contributed by atoms with Crippen LogP contribution in [-0.2, 0) is 40.5 Å². The molecule has 4 aromatic carbocycles. The second-order valence-corrected chi connectivity index (χ2v) is 20.6. The molecule has 0 spiro atoms. The van der Waals surface area contributed by atoms with Gasteiger partial charge in [-0.3, -0.25) is 28.0 Å². The van der Waals surface area contributed by atoms with Crippen LogP contribution in [0.1, 0.15) is 38.8 Å². The molecule has 0 saturated carbocycles. The SMILES string of the molecule is CC(O)N(c1nc(Nc2ccc(C=Cc3ccc(Nc4nc(-c5ccc(S(=O)(=O)O)cc5)nc(N(C(C)O)C(C)O)n4)cc3S(=O)(=O)O)c(S(=O)(=O)O)c2)nc(-c2ccc(S(=O)(=O)O)cc2)n1)C(C)O. The third-order valence-electron chi connectivity index (χ3n) is 9.68. The fourth-order valence-electron chi connectivity index (χ4n) is 6.56. The Bertz CT molecular complexity index is 3180. The molecule has 6 rings (SSSR count). The number of hydrogen-bond acceptors (Lipinski definition) is 22. The van der Waals surface area contributed by atoms with E-state index in [0.29, 0.717) is 0 Å². The van der Waals surface area contributed by atoms with Crippen LogP contribution in [0.4, 0.5) is 35.2 Å². The van der Waals surface area contributed by atoms with E-state index in [2.05, 4.69) is 40.5 Å². The van der Waals surface area contributed by atoms with Gasteiger partial charge in [0.05, 0.1) is 9.79 Å². The number of hydrogen-bond donors (Lipinski definition) is 10. The van der Waals surface area contributed by atoms with Gasteiger partial charge in [0, 0.05) is 22.5 Å². The first-order chi connectivity index (χ1) is 32.5. The summed E-state index contributed by atoms with van der Waals surface area (Å²) >= 11 is 0. The predicted molar refractivity (Wildman–Crippen MR) is 250 cm³/mol. The maximum Gasteiger partial charge on any atom is 0.295 e. The normalized spacial score (nSPS) is 14.2. The zero-order valence-electron chi connectivity index (χ0n) is 36.6. The Balaban J connectivity index is 1.36. The van der Waals surface area contributed by atoms with Gasteiger partial charge in [-0.05, 0) is 112 Å². The summed E-state index contributed by atoms with van der Waals surface area (Å²) in [5.74, 6) is -1.48. The van der Waals surface area contributed by atoms with Gasteiger partial charge in [0.15, 0.2) is 11.6 Å². The Morgan fingerprint density at radius 3 is 1.03 bits per heavy atom. The van der Waals surface area contributed by atoms with Gasteiger partial charge in [-0.1, -0.05) is 24.3 Å². The molecule has 30 heteroatoms. The first-order valence-corrected chi connectivity index (χ1v) is 25.7. The van der Waals surface area contributed by atoms with E-state index in [1.54, 1.807) is 0 Å². The molecule has 372 valence electrons. The van der Waals surface area contributed by atoms with Crippen molar-refractivity contribution >= 4 is 87.8 Å². The van der Waals surface area contributed by atoms with Crippen LogP contribution >= 0.6 is 0 Å². The van der Waals surface area contributed by atoms with Crippen molar-refractivity contribution in [1.82, 2.24) is 29.9 Å². The van der Waals surface area contributed by atoms with Crippen LogP contribution in [0.5, 0.6) is 0 Å². The number of aliphatic hydroxyl groups is 4. The van der Waals surface area contributed by atoms with Crippen molar-refractivity contribution in [3.05, 3.63) is 96.1 Å². The average Bonchev–Trinajstić information content (AvgIpc) is 3.24. The van der Waals surface area contributed by atoms with Gasteiger partial charge in [-0.2, -0.15) is 63.6 Å². The van der Waals surface area contributed by atoms with Gasteiger partial charge < -0.3 is 31.1 Å². The molecule has 0 amide bonds. The molecule has 4 unspecified atom stereocenters. The summed E-state index contributed by atoms with van der Waals surface area (Å²) in [4.78, 5) is 25.2. The Morgan fingerprint density at radius 1 is 0.443 bits per heavy atom. The molecular formula is C40H42N10O16S4. The van der Waals surface area contributed by atoms with Gasteiger partial charge in [0.2, 0.25) is 23.8 Å². The van der Waals surface area contributed by atoms with Crippen LogP contribution in [0, 0.1) is 0 Å². The third kappa shape index (κ3) is 12.7. The minimum Gasteiger partial charge on any atom is -0.374 e. The van der Waals surface area contributed by atoms with Crippen LogP contribution in [-0.4, -0.2) is 127 Å². The molecule has 10 N–H and O–H groups in total. The molecule has 0 fully saturated rings. The van der Waals surface area contributed by atoms with Gasteiger partial charge >= 0.3 is 0 Å². The van der Waals surface area contributed by atoms with Crippen molar-refractivity contribution in [3.8, 4) is 22.8 Å². The lowest BCUT2D eigenvalue weighted by molar-refractivity contribution is 0.102. The number of aliphatic hydroxyl groups excluding tert-OH is 4. The number of nitrogens with one attached hydrogen (secondary N) is 2. The molecule has 0 aliphatic heterocycles. The Morgan fingerprint density at radius 2 is 0.757 bits per heavy atom. The summed E-state index contributed by atoms with van der Waals surface area (Å²) in [7, 11) is -19.2. The zero-order chi connectivity index (χ0) is 51.7. The smallest absolute Gasteiger partial charge is 0.295 e. The lowest BCUT2D eigenvalue weighted by Gasteiger charge is -2.28. The van der Waals surface area contributed by atoms with Crippen molar-refractivity contribution in [3.63, 3.8) is 0 Å². The highest BCUT2D eigenvalue weighted by molar-refractivity contribution is 7.86. The fraction of sp³-hybridized carbons (Fsp3) is 0.200. The highest BCUT2D eigenvalue weighted by Gasteiger charge is 2.26. The average molecular weight is 1050 g/mol. The molecule has 26 nitrogen and oxygen atoms in total. The topological polar surface area (TPSA) is 406 Å². The summed E-state index contributed by atoms with van der Waals surface area (Å²) < 4.78 is 137. The second-order valence-electron chi connectivity index (χ2n) is 14.9. The van der Waals surface area contributed by atoms with E-state index in [-0.39, 0.29) is 69.1 Å². The highest BCUT2D eigenvalue weighted by atomic mass is 32.2. The van der Waals surface area contributed by atoms with Crippen LogP contribution in [0.3, 0.4) is 0 Å². The Hall–Kier alpha value is -6.68. The molecule has 0 saturated heterocycles. The standard InChI is InChI=1S/C40H42N10O16S4/c1-21(51)49(22(2)52)39-45-35(27-9-15-31(16-10-27)67(55,56)57)43-37(47-39)41-29-13-7-25(33(19-29)69(61,62)63)5-6-26-8-14-30(20-34(26)70(64,65)66)42-38-44-36(28-11-17-32(18-12-28)68(58,59)60)46-40(48-38)50(23(3)53)24(4)54/h5-24,51-54H,1-4H3,(H,55,56,57)(H,58,59,60)(H,61,62,63)(H,64,65,66)(H,41,43,45,47)(H,42,44,46,48). The Labute approximate surface area is 399 Å². The van der Waals surface area contributed by atoms with E-state index in [9.17, 15) is 72.3 Å². The summed E-state index contributed by atoms with van der Waals surface area (Å²) in [6.07, 6.45) is -3.25. The lowest BCUT2D eigenvalue weighted by atomic mass is 10.1. The first kappa shape index (κ1) is 52.7. The molecule has 0 bridgehead atoms. The van der Waals surface area contributed by atoms with E-state index in [0.717, 1.165) is 58.4 Å². The summed E-state index contributed by atoms with van der Waals surface area (Å²) in [6.45, 7) is 5.21. The van der Waals surface area contributed by atoms with Crippen molar-refractivity contribution < 1.29 is 72.3 Å². The van der Waals surface area contributed by atoms with Crippen molar-refractivity contribution in [2.45, 2.75) is 72.2 Å². The molecular weight excluding hydrogens is 1000 g/mol. The predicted octanol–water partition coefficient (Wildman–Crippen LogP) is 3.00. The van der Waals surface area contributed by atoms with E-state index in [1.807, 2.05) is 0 Å². The molecule has 4 atom stereocenters.